The van der Waals surface area contributed by atoms with Crippen LogP contribution in [0.5, 0.6) is 0 Å². The zero-order valence-electron chi connectivity index (χ0n) is 26.2. The molecule has 0 radical (unpaired) electrons. The highest BCUT2D eigenvalue weighted by Gasteiger charge is 2.37. The molecule has 1 amide bonds. The molecule has 1 N–H and O–H groups in total. The highest BCUT2D eigenvalue weighted by molar-refractivity contribution is 7.90. The zero-order valence-corrected chi connectivity index (χ0v) is 28.8. The van der Waals surface area contributed by atoms with Gasteiger partial charge in [0.2, 0.25) is 5.91 Å². The third-order valence-corrected chi connectivity index (χ3v) is 10.6. The SMILES string of the molecule is CCOP(=O)(OCC)OC(CNC(=O)CC1=C(C)/C(=C/c2ccc([S+](C)[O-])cc2)c2ccc(F)cc21)OP(=O)(OCC)OCC. The number of phosphoric ester groups is 2. The molecule has 1 aliphatic rings. The summed E-state index contributed by atoms with van der Waals surface area (Å²) in [5.74, 6) is -0.958. The summed E-state index contributed by atoms with van der Waals surface area (Å²) >= 11 is -1.11. The first-order valence-corrected chi connectivity index (χ1v) is 18.9. The van der Waals surface area contributed by atoms with Crippen molar-refractivity contribution in [3.63, 3.8) is 0 Å². The Morgan fingerprint density at radius 1 is 0.911 bits per heavy atom. The van der Waals surface area contributed by atoms with Gasteiger partial charge in [-0.1, -0.05) is 6.07 Å². The number of carbonyl (C=O) groups excluding carboxylic acids is 1. The maximum Gasteiger partial charge on any atom is 0.477 e. The summed E-state index contributed by atoms with van der Waals surface area (Å²) in [6, 6.07) is 11.6. The molecule has 0 fully saturated rings. The zero-order chi connectivity index (χ0) is 33.2. The van der Waals surface area contributed by atoms with E-state index in [9.17, 15) is 22.9 Å². The fourth-order valence-electron chi connectivity index (χ4n) is 4.53. The smallest absolute Gasteiger partial charge is 0.477 e. The molecule has 0 saturated heterocycles. The van der Waals surface area contributed by atoms with Crippen molar-refractivity contribution in [2.45, 2.75) is 52.2 Å². The summed E-state index contributed by atoms with van der Waals surface area (Å²) < 4.78 is 84.0. The predicted molar refractivity (Wildman–Crippen MR) is 171 cm³/mol. The number of amides is 1. The van der Waals surface area contributed by atoms with Crippen molar-refractivity contribution in [3.8, 4) is 0 Å². The first-order valence-electron chi connectivity index (χ1n) is 14.4. The molecule has 0 heterocycles. The molecule has 2 aromatic carbocycles. The van der Waals surface area contributed by atoms with Crippen molar-refractivity contribution in [2.75, 3.05) is 39.2 Å². The standard InChI is InChI=1S/C30H40FNO10P2S/c1-7-37-43(34,38-8-2)41-30(42-44(35,39-9-3)40-10-4)20-32-29(33)19-27-21(5)26(25-16-13-23(31)18-28(25)27)17-22-11-14-24(15-12-22)45(6)36/h11-18,30H,7-10,19-20H2,1-6H3,(H,32,33)/b26-17-. The monoisotopic (exact) mass is 687 g/mol. The molecule has 0 bridgehead atoms. The number of halogens is 1. The minimum absolute atomic E-state index is 0.0214. The van der Waals surface area contributed by atoms with Gasteiger partial charge in [-0.3, -0.25) is 31.9 Å². The molecular weight excluding hydrogens is 647 g/mol. The maximum atomic E-state index is 14.4. The number of hydrogen-bond donors (Lipinski definition) is 1. The maximum absolute atomic E-state index is 14.4. The summed E-state index contributed by atoms with van der Waals surface area (Å²) in [6.45, 7) is 7.67. The van der Waals surface area contributed by atoms with Crippen LogP contribution in [-0.2, 0) is 52.2 Å². The van der Waals surface area contributed by atoms with E-state index in [2.05, 4.69) is 5.32 Å². The van der Waals surface area contributed by atoms with Gasteiger partial charge in [-0.15, -0.1) is 0 Å². The van der Waals surface area contributed by atoms with E-state index in [-0.39, 0.29) is 32.8 Å². The Morgan fingerprint density at radius 3 is 1.93 bits per heavy atom. The van der Waals surface area contributed by atoms with Crippen LogP contribution in [0.15, 0.2) is 52.9 Å². The Kier molecular flexibility index (Phi) is 14.2. The number of fused-ring (bicyclic) bond motifs is 1. The lowest BCUT2D eigenvalue weighted by atomic mass is 10.0. The van der Waals surface area contributed by atoms with E-state index < -0.39 is 51.4 Å². The molecule has 1 unspecified atom stereocenters. The summed E-state index contributed by atoms with van der Waals surface area (Å²) in [7, 11) is -8.36. The number of hydrogen-bond acceptors (Lipinski definition) is 10. The van der Waals surface area contributed by atoms with Crippen LogP contribution in [0.2, 0.25) is 0 Å². The van der Waals surface area contributed by atoms with Crippen LogP contribution < -0.4 is 5.32 Å². The predicted octanol–water partition coefficient (Wildman–Crippen LogP) is 7.12. The van der Waals surface area contributed by atoms with E-state index in [4.69, 9.17) is 27.1 Å². The number of benzene rings is 2. The minimum atomic E-state index is -4.18. The number of phosphoric acid groups is 2. The molecule has 0 spiro atoms. The Balaban J connectivity index is 1.87. The van der Waals surface area contributed by atoms with Crippen LogP contribution in [0.3, 0.4) is 0 Å². The van der Waals surface area contributed by atoms with Crippen molar-refractivity contribution in [3.05, 3.63) is 70.5 Å². The van der Waals surface area contributed by atoms with Crippen LogP contribution in [0.4, 0.5) is 4.39 Å². The Bertz CT molecular complexity index is 1430. The highest BCUT2D eigenvalue weighted by Crippen LogP contribution is 2.55. The molecular formula is C30H40FNO10P2S. The lowest BCUT2D eigenvalue weighted by Gasteiger charge is -2.26. The number of nitrogens with one attached hydrogen (secondary N) is 1. The lowest BCUT2D eigenvalue weighted by molar-refractivity contribution is -0.122. The Morgan fingerprint density at radius 2 is 1.44 bits per heavy atom. The average molecular weight is 688 g/mol. The van der Waals surface area contributed by atoms with Gasteiger partial charge >= 0.3 is 15.6 Å². The van der Waals surface area contributed by atoms with Gasteiger partial charge < -0.3 is 9.87 Å². The van der Waals surface area contributed by atoms with Gasteiger partial charge in [0.15, 0.2) is 11.2 Å². The van der Waals surface area contributed by atoms with E-state index >= 15 is 0 Å². The molecule has 2 aromatic rings. The van der Waals surface area contributed by atoms with Crippen molar-refractivity contribution in [1.29, 1.82) is 0 Å². The molecule has 3 rings (SSSR count). The molecule has 0 aliphatic heterocycles. The van der Waals surface area contributed by atoms with Crippen molar-refractivity contribution in [2.24, 2.45) is 0 Å². The first-order chi connectivity index (χ1) is 21.4. The first kappa shape index (κ1) is 37.3. The number of rotatable bonds is 18. The molecule has 11 nitrogen and oxygen atoms in total. The molecule has 45 heavy (non-hydrogen) atoms. The van der Waals surface area contributed by atoms with E-state index in [1.54, 1.807) is 52.1 Å². The fraction of sp³-hybridized carbons (Fsp3) is 0.433. The van der Waals surface area contributed by atoms with Crippen molar-refractivity contribution in [1.82, 2.24) is 5.32 Å². The third-order valence-electron chi connectivity index (χ3n) is 6.42. The van der Waals surface area contributed by atoms with Gasteiger partial charge in [0.25, 0.3) is 0 Å². The molecule has 0 saturated carbocycles. The second-order valence-electron chi connectivity index (χ2n) is 9.56. The molecule has 15 heteroatoms. The molecule has 248 valence electrons. The van der Waals surface area contributed by atoms with E-state index in [0.717, 1.165) is 22.3 Å². The van der Waals surface area contributed by atoms with E-state index in [1.165, 1.54) is 12.1 Å². The van der Waals surface area contributed by atoms with Gasteiger partial charge in [0.05, 0.1) is 39.4 Å². The van der Waals surface area contributed by atoms with Crippen LogP contribution in [0.25, 0.3) is 17.2 Å². The summed E-state index contributed by atoms with van der Waals surface area (Å²) in [5, 5.41) is 2.64. The quantitative estimate of drug-likeness (QED) is 0.0978. The van der Waals surface area contributed by atoms with Crippen molar-refractivity contribution < 1.29 is 50.0 Å². The largest absolute Gasteiger partial charge is 0.612 e. The Labute approximate surface area is 266 Å². The molecule has 1 aliphatic carbocycles. The average Bonchev–Trinajstić information content (AvgIpc) is 3.21. The third kappa shape index (κ3) is 10.4. The van der Waals surface area contributed by atoms with Crippen molar-refractivity contribution >= 4 is 50.0 Å². The van der Waals surface area contributed by atoms with Gasteiger partial charge in [-0.2, -0.15) is 0 Å². The summed E-state index contributed by atoms with van der Waals surface area (Å²) in [6.07, 6.45) is 1.77. The van der Waals surface area contributed by atoms with E-state index in [1.807, 2.05) is 25.1 Å². The van der Waals surface area contributed by atoms with Gasteiger partial charge in [-0.25, -0.2) is 13.5 Å². The van der Waals surface area contributed by atoms with Crippen LogP contribution >= 0.6 is 15.6 Å². The lowest BCUT2D eigenvalue weighted by Crippen LogP contribution is -2.35. The molecule has 0 aromatic heterocycles. The number of carbonyl (C=O) groups is 1. The normalized spacial score (nSPS) is 15.2. The topological polar surface area (TPSA) is 142 Å². The highest BCUT2D eigenvalue weighted by atomic mass is 32.2. The Hall–Kier alpha value is -2.15. The summed E-state index contributed by atoms with van der Waals surface area (Å²) in [4.78, 5) is 14.0. The van der Waals surface area contributed by atoms with E-state index in [0.29, 0.717) is 16.0 Å². The summed E-state index contributed by atoms with van der Waals surface area (Å²) in [5.41, 5.74) is 4.35. The van der Waals surface area contributed by atoms with Gasteiger partial charge in [0.1, 0.15) is 12.1 Å². The van der Waals surface area contributed by atoms with Crippen LogP contribution in [0, 0.1) is 5.82 Å². The number of allylic oxidation sites excluding steroid dienone is 2. The van der Waals surface area contributed by atoms with Gasteiger partial charge in [0, 0.05) is 0 Å². The van der Waals surface area contributed by atoms with Crippen LogP contribution in [-0.4, -0.2) is 56.0 Å². The second kappa shape index (κ2) is 17.1. The second-order valence-corrected chi connectivity index (χ2v) is 14.2. The van der Waals surface area contributed by atoms with Gasteiger partial charge in [-0.05, 0) is 122 Å². The minimum Gasteiger partial charge on any atom is -0.612 e. The molecule has 1 atom stereocenters. The fourth-order valence-corrected chi connectivity index (χ4v) is 7.59. The van der Waals surface area contributed by atoms with Crippen LogP contribution in [0.1, 0.15) is 57.7 Å².